The SMILES string of the molecule is O=C(c1cnc(NCc2cccnc2)nc1)N1C[C@@H]2C(CO)[C@@H]2C1. The minimum absolute atomic E-state index is 0.0299. The average Bonchev–Trinajstić information content (AvgIpc) is 3.11. The van der Waals surface area contributed by atoms with Crippen LogP contribution in [-0.4, -0.2) is 50.6 Å². The Bertz CT molecular complexity index is 710. The number of rotatable bonds is 5. The van der Waals surface area contributed by atoms with Crippen molar-refractivity contribution in [3.8, 4) is 0 Å². The molecule has 1 saturated carbocycles. The van der Waals surface area contributed by atoms with Crippen LogP contribution in [0.15, 0.2) is 36.9 Å². The van der Waals surface area contributed by atoms with E-state index < -0.39 is 0 Å². The molecule has 2 N–H and O–H groups in total. The standard InChI is InChI=1S/C17H19N5O2/c23-10-15-13-8-22(9-14(13)15)16(24)12-6-20-17(21-7-12)19-5-11-2-1-3-18-4-11/h1-4,6-7,13-15,23H,5,8-10H2,(H,19,20,21)/t13-,14+,15?. The highest BCUT2D eigenvalue weighted by molar-refractivity contribution is 5.94. The van der Waals surface area contributed by atoms with E-state index in [2.05, 4.69) is 20.3 Å². The second-order valence-electron chi connectivity index (χ2n) is 6.39. The van der Waals surface area contributed by atoms with Crippen molar-refractivity contribution in [2.24, 2.45) is 17.8 Å². The van der Waals surface area contributed by atoms with E-state index in [0.717, 1.165) is 18.7 Å². The molecule has 1 unspecified atom stereocenters. The molecule has 0 radical (unpaired) electrons. The molecule has 1 aliphatic heterocycles. The van der Waals surface area contributed by atoms with E-state index in [9.17, 15) is 9.90 Å². The molecular weight excluding hydrogens is 306 g/mol. The molecule has 2 aromatic rings. The highest BCUT2D eigenvalue weighted by Crippen LogP contribution is 2.51. The summed E-state index contributed by atoms with van der Waals surface area (Å²) in [5.41, 5.74) is 1.54. The van der Waals surface area contributed by atoms with Crippen LogP contribution in [0.2, 0.25) is 0 Å². The molecule has 2 fully saturated rings. The quantitative estimate of drug-likeness (QED) is 0.845. The Kier molecular flexibility index (Phi) is 3.86. The molecule has 1 aliphatic carbocycles. The van der Waals surface area contributed by atoms with Crippen LogP contribution in [0.3, 0.4) is 0 Å². The number of nitrogens with one attached hydrogen (secondary N) is 1. The summed E-state index contributed by atoms with van der Waals surface area (Å²) in [7, 11) is 0. The van der Waals surface area contributed by atoms with E-state index in [4.69, 9.17) is 0 Å². The van der Waals surface area contributed by atoms with Crippen molar-refractivity contribution >= 4 is 11.9 Å². The zero-order chi connectivity index (χ0) is 16.5. The molecule has 24 heavy (non-hydrogen) atoms. The number of fused-ring (bicyclic) bond motifs is 1. The maximum absolute atomic E-state index is 12.5. The second-order valence-corrected chi connectivity index (χ2v) is 6.39. The maximum atomic E-state index is 12.5. The zero-order valence-corrected chi connectivity index (χ0v) is 13.2. The first-order chi connectivity index (χ1) is 11.8. The van der Waals surface area contributed by atoms with E-state index >= 15 is 0 Å². The summed E-state index contributed by atoms with van der Waals surface area (Å²) in [4.78, 5) is 26.8. The van der Waals surface area contributed by atoms with Crippen molar-refractivity contribution in [3.63, 3.8) is 0 Å². The molecular formula is C17H19N5O2. The van der Waals surface area contributed by atoms with Gasteiger partial charge in [-0.1, -0.05) is 6.07 Å². The van der Waals surface area contributed by atoms with Gasteiger partial charge in [0.15, 0.2) is 0 Å². The molecule has 2 aromatic heterocycles. The first kappa shape index (κ1) is 15.0. The van der Waals surface area contributed by atoms with E-state index in [1.54, 1.807) is 24.8 Å². The number of piperidine rings is 1. The molecule has 1 amide bonds. The van der Waals surface area contributed by atoms with Gasteiger partial charge in [0.25, 0.3) is 5.91 Å². The molecule has 1 saturated heterocycles. The summed E-state index contributed by atoms with van der Waals surface area (Å²) in [6.45, 7) is 2.28. The van der Waals surface area contributed by atoms with Gasteiger partial charge < -0.3 is 15.3 Å². The molecule has 7 heteroatoms. The number of nitrogens with zero attached hydrogens (tertiary/aromatic N) is 4. The van der Waals surface area contributed by atoms with Crippen LogP contribution < -0.4 is 5.32 Å². The topological polar surface area (TPSA) is 91.2 Å². The van der Waals surface area contributed by atoms with Crippen molar-refractivity contribution in [2.45, 2.75) is 6.54 Å². The van der Waals surface area contributed by atoms with Gasteiger partial charge >= 0.3 is 0 Å². The molecule has 0 aromatic carbocycles. The third kappa shape index (κ3) is 2.82. The van der Waals surface area contributed by atoms with E-state index in [-0.39, 0.29) is 12.5 Å². The fourth-order valence-corrected chi connectivity index (χ4v) is 3.48. The van der Waals surface area contributed by atoms with Gasteiger partial charge in [-0.05, 0) is 29.4 Å². The zero-order valence-electron chi connectivity index (χ0n) is 13.2. The Balaban J connectivity index is 1.33. The first-order valence-corrected chi connectivity index (χ1v) is 8.11. The van der Waals surface area contributed by atoms with Gasteiger partial charge in [-0.25, -0.2) is 9.97 Å². The summed E-state index contributed by atoms with van der Waals surface area (Å²) in [6, 6.07) is 3.85. The highest BCUT2D eigenvalue weighted by atomic mass is 16.3. The molecule has 4 rings (SSSR count). The second kappa shape index (κ2) is 6.16. The molecule has 0 bridgehead atoms. The summed E-state index contributed by atoms with van der Waals surface area (Å²) in [5.74, 6) is 1.79. The van der Waals surface area contributed by atoms with E-state index in [1.165, 1.54) is 0 Å². The first-order valence-electron chi connectivity index (χ1n) is 8.11. The van der Waals surface area contributed by atoms with Crippen molar-refractivity contribution in [1.29, 1.82) is 0 Å². The Labute approximate surface area is 139 Å². The minimum Gasteiger partial charge on any atom is -0.396 e. The van der Waals surface area contributed by atoms with Gasteiger partial charge in [0.1, 0.15) is 0 Å². The number of aliphatic hydroxyl groups is 1. The van der Waals surface area contributed by atoms with Crippen molar-refractivity contribution in [3.05, 3.63) is 48.0 Å². The summed E-state index contributed by atoms with van der Waals surface area (Å²) in [5, 5.41) is 12.3. The van der Waals surface area contributed by atoms with Crippen LogP contribution in [0.25, 0.3) is 0 Å². The number of anilines is 1. The van der Waals surface area contributed by atoms with Gasteiger partial charge in [0.05, 0.1) is 5.56 Å². The van der Waals surface area contributed by atoms with Gasteiger partial charge in [0, 0.05) is 51.0 Å². The minimum atomic E-state index is -0.0299. The number of amides is 1. The summed E-state index contributed by atoms with van der Waals surface area (Å²) >= 11 is 0. The average molecular weight is 325 g/mol. The fourth-order valence-electron chi connectivity index (χ4n) is 3.48. The predicted octanol–water partition coefficient (Wildman–Crippen LogP) is 0.794. The van der Waals surface area contributed by atoms with Crippen LogP contribution in [0.1, 0.15) is 15.9 Å². The van der Waals surface area contributed by atoms with Crippen LogP contribution in [0.4, 0.5) is 5.95 Å². The van der Waals surface area contributed by atoms with Gasteiger partial charge in [-0.3, -0.25) is 9.78 Å². The Morgan fingerprint density at radius 1 is 1.25 bits per heavy atom. The van der Waals surface area contributed by atoms with E-state index in [0.29, 0.717) is 35.8 Å². The van der Waals surface area contributed by atoms with E-state index in [1.807, 2.05) is 17.0 Å². The number of aromatic nitrogens is 3. The maximum Gasteiger partial charge on any atom is 0.257 e. The van der Waals surface area contributed by atoms with Crippen molar-refractivity contribution < 1.29 is 9.90 Å². The lowest BCUT2D eigenvalue weighted by Crippen LogP contribution is -2.32. The fraction of sp³-hybridized carbons (Fsp3) is 0.412. The molecule has 3 heterocycles. The summed E-state index contributed by atoms with van der Waals surface area (Å²) < 4.78 is 0. The van der Waals surface area contributed by atoms with Crippen LogP contribution in [-0.2, 0) is 6.54 Å². The summed E-state index contributed by atoms with van der Waals surface area (Å²) in [6.07, 6.45) is 6.64. The number of carbonyl (C=O) groups excluding carboxylic acids is 1. The smallest absolute Gasteiger partial charge is 0.257 e. The van der Waals surface area contributed by atoms with Gasteiger partial charge in [0.2, 0.25) is 5.95 Å². The highest BCUT2D eigenvalue weighted by Gasteiger charge is 2.56. The van der Waals surface area contributed by atoms with Crippen molar-refractivity contribution in [1.82, 2.24) is 19.9 Å². The Morgan fingerprint density at radius 3 is 2.62 bits per heavy atom. The lowest BCUT2D eigenvalue weighted by Gasteiger charge is -2.19. The van der Waals surface area contributed by atoms with Crippen LogP contribution in [0.5, 0.6) is 0 Å². The Morgan fingerprint density at radius 2 is 2.00 bits per heavy atom. The number of likely N-dealkylation sites (tertiary alicyclic amines) is 1. The van der Waals surface area contributed by atoms with Crippen molar-refractivity contribution in [2.75, 3.05) is 25.0 Å². The van der Waals surface area contributed by atoms with Gasteiger partial charge in [-0.2, -0.15) is 0 Å². The van der Waals surface area contributed by atoms with Crippen LogP contribution >= 0.6 is 0 Å². The van der Waals surface area contributed by atoms with Gasteiger partial charge in [-0.15, -0.1) is 0 Å². The molecule has 7 nitrogen and oxygen atoms in total. The van der Waals surface area contributed by atoms with Crippen LogP contribution in [0, 0.1) is 17.8 Å². The molecule has 2 aliphatic rings. The largest absolute Gasteiger partial charge is 0.396 e. The number of carbonyl (C=O) groups is 1. The Hall–Kier alpha value is -2.54. The monoisotopic (exact) mass is 325 g/mol. The molecule has 124 valence electrons. The molecule has 3 atom stereocenters. The number of hydrogen-bond acceptors (Lipinski definition) is 6. The lowest BCUT2D eigenvalue weighted by molar-refractivity contribution is 0.0759. The predicted molar refractivity (Wildman–Crippen MR) is 87.1 cm³/mol. The molecule has 0 spiro atoms. The third-order valence-corrected chi connectivity index (χ3v) is 4.94. The normalized spacial score (nSPS) is 24.5. The number of aliphatic hydroxyl groups excluding tert-OH is 1. The lowest BCUT2D eigenvalue weighted by atomic mass is 10.2. The number of pyridine rings is 1. The number of hydrogen-bond donors (Lipinski definition) is 2. The third-order valence-electron chi connectivity index (χ3n) is 4.94.